The molecule has 27 heavy (non-hydrogen) atoms. The third-order valence-corrected chi connectivity index (χ3v) is 7.32. The second-order valence-electron chi connectivity index (χ2n) is 6.28. The maximum Gasteiger partial charge on any atom is 0.242 e. The molecule has 0 aliphatic carbocycles. The lowest BCUT2D eigenvalue weighted by Crippen LogP contribution is -2.23. The van der Waals surface area contributed by atoms with Gasteiger partial charge in [-0.1, -0.05) is 29.2 Å². The smallest absolute Gasteiger partial charge is 0.242 e. The second-order valence-corrected chi connectivity index (χ2v) is 10.6. The van der Waals surface area contributed by atoms with Gasteiger partial charge in [0.1, 0.15) is 0 Å². The predicted octanol–water partition coefficient (Wildman–Crippen LogP) is 2.65. The lowest BCUT2D eigenvalue weighted by Gasteiger charge is -2.15. The van der Waals surface area contributed by atoms with E-state index in [0.29, 0.717) is 20.7 Å². The predicted molar refractivity (Wildman–Crippen MR) is 110 cm³/mol. The molecule has 1 aromatic heterocycles. The summed E-state index contributed by atoms with van der Waals surface area (Å²) >= 11 is 2.67. The van der Waals surface area contributed by atoms with E-state index >= 15 is 0 Å². The average molecular weight is 430 g/mol. The lowest BCUT2D eigenvalue weighted by atomic mass is 10.2. The largest absolute Gasteiger partial charge is 0.358 e. The highest BCUT2D eigenvalue weighted by Gasteiger charge is 2.20. The molecule has 0 aliphatic rings. The van der Waals surface area contributed by atoms with Gasteiger partial charge in [0.05, 0.1) is 10.6 Å². The molecule has 2 rings (SSSR count). The minimum atomic E-state index is -3.58. The number of hydrogen-bond donors (Lipinski definition) is 2. The molecule has 1 amide bonds. The fourth-order valence-electron chi connectivity index (χ4n) is 2.05. The highest BCUT2D eigenvalue weighted by molar-refractivity contribution is 8.01. The number of nitrogens with one attached hydrogen (secondary N) is 2. The summed E-state index contributed by atoms with van der Waals surface area (Å²) in [6, 6.07) is 5.09. The van der Waals surface area contributed by atoms with Gasteiger partial charge in [-0.3, -0.25) is 4.79 Å². The number of hydrogen-bond acceptors (Lipinski definition) is 8. The Morgan fingerprint density at radius 1 is 1.30 bits per heavy atom. The number of aromatic nitrogens is 2. The van der Waals surface area contributed by atoms with Crippen molar-refractivity contribution in [3.05, 3.63) is 23.8 Å². The van der Waals surface area contributed by atoms with Crippen LogP contribution >= 0.6 is 23.1 Å². The molecule has 0 bridgehead atoms. The van der Waals surface area contributed by atoms with Crippen molar-refractivity contribution < 1.29 is 13.2 Å². The van der Waals surface area contributed by atoms with Crippen LogP contribution in [0, 0.1) is 6.92 Å². The summed E-state index contributed by atoms with van der Waals surface area (Å²) in [6.45, 7) is 5.73. The Labute approximate surface area is 167 Å². The number of nitrogens with zero attached hydrogens (tertiary/aromatic N) is 3. The molecule has 0 unspecified atom stereocenters. The van der Waals surface area contributed by atoms with Crippen LogP contribution in [0.5, 0.6) is 0 Å². The molecule has 2 N–H and O–H groups in total. The third-order valence-electron chi connectivity index (χ3n) is 3.38. The van der Waals surface area contributed by atoms with Crippen molar-refractivity contribution in [3.8, 4) is 0 Å². The molecule has 1 aromatic carbocycles. The Kier molecular flexibility index (Phi) is 7.20. The number of benzene rings is 1. The molecule has 2 aromatic rings. The van der Waals surface area contributed by atoms with Crippen LogP contribution in [0.3, 0.4) is 0 Å². The first kappa shape index (κ1) is 21.6. The molecular formula is C16H23N5O3S3. The van der Waals surface area contributed by atoms with Gasteiger partial charge in [-0.25, -0.2) is 12.7 Å². The number of carbonyl (C=O) groups is 1. The van der Waals surface area contributed by atoms with Crippen LogP contribution in [-0.2, 0) is 14.8 Å². The van der Waals surface area contributed by atoms with E-state index in [2.05, 4.69) is 20.8 Å². The van der Waals surface area contributed by atoms with Crippen molar-refractivity contribution in [3.63, 3.8) is 0 Å². The molecule has 0 atom stereocenters. The maximum absolute atomic E-state index is 12.4. The fraction of sp³-hybridized carbons (Fsp3) is 0.438. The zero-order chi connectivity index (χ0) is 20.2. The quantitative estimate of drug-likeness (QED) is 0.622. The van der Waals surface area contributed by atoms with Gasteiger partial charge in [0.2, 0.25) is 21.1 Å². The minimum absolute atomic E-state index is 0.153. The summed E-state index contributed by atoms with van der Waals surface area (Å²) in [4.78, 5) is 12.4. The molecule has 0 spiro atoms. The van der Waals surface area contributed by atoms with E-state index in [1.165, 1.54) is 43.3 Å². The molecule has 0 fully saturated rings. The monoisotopic (exact) mass is 429 g/mol. The zero-order valence-corrected chi connectivity index (χ0v) is 18.3. The summed E-state index contributed by atoms with van der Waals surface area (Å²) in [5.41, 5.74) is 1.06. The Morgan fingerprint density at radius 2 is 2.00 bits per heavy atom. The summed E-state index contributed by atoms with van der Waals surface area (Å²) in [5, 5.41) is 14.6. The zero-order valence-electron chi connectivity index (χ0n) is 15.8. The highest BCUT2D eigenvalue weighted by atomic mass is 32.2. The van der Waals surface area contributed by atoms with E-state index in [1.807, 2.05) is 13.8 Å². The number of amides is 1. The number of aryl methyl sites for hydroxylation is 1. The third kappa shape index (κ3) is 5.89. The van der Waals surface area contributed by atoms with Crippen molar-refractivity contribution >= 4 is 49.8 Å². The summed E-state index contributed by atoms with van der Waals surface area (Å²) in [7, 11) is -0.628. The topological polar surface area (TPSA) is 104 Å². The molecule has 11 heteroatoms. The first-order valence-electron chi connectivity index (χ1n) is 8.15. The van der Waals surface area contributed by atoms with Gasteiger partial charge >= 0.3 is 0 Å². The molecule has 1 heterocycles. The fourth-order valence-corrected chi connectivity index (χ4v) is 4.89. The van der Waals surface area contributed by atoms with Crippen LogP contribution in [0.4, 0.5) is 10.8 Å². The second kappa shape index (κ2) is 9.00. The van der Waals surface area contributed by atoms with E-state index < -0.39 is 10.0 Å². The number of sulfonamides is 1. The Bertz CT molecular complexity index is 910. The van der Waals surface area contributed by atoms with Crippen LogP contribution in [0.1, 0.15) is 19.4 Å². The Hall–Kier alpha value is -1.69. The van der Waals surface area contributed by atoms with Crippen molar-refractivity contribution in [1.29, 1.82) is 0 Å². The molecule has 0 saturated carbocycles. The van der Waals surface area contributed by atoms with Crippen LogP contribution in [0.15, 0.2) is 27.4 Å². The average Bonchev–Trinajstić information content (AvgIpc) is 3.01. The van der Waals surface area contributed by atoms with Gasteiger partial charge in [-0.2, -0.15) is 0 Å². The molecule has 0 radical (unpaired) electrons. The number of rotatable bonds is 8. The first-order valence-corrected chi connectivity index (χ1v) is 11.4. The molecule has 148 valence electrons. The van der Waals surface area contributed by atoms with E-state index in [-0.39, 0.29) is 22.6 Å². The normalized spacial score (nSPS) is 11.8. The number of anilines is 2. The molecule has 0 saturated heterocycles. The van der Waals surface area contributed by atoms with Gasteiger partial charge in [-0.15, -0.1) is 10.2 Å². The van der Waals surface area contributed by atoms with Gasteiger partial charge in [0.15, 0.2) is 4.34 Å². The maximum atomic E-state index is 12.4. The van der Waals surface area contributed by atoms with E-state index in [9.17, 15) is 13.2 Å². The van der Waals surface area contributed by atoms with E-state index in [0.717, 1.165) is 4.31 Å². The van der Waals surface area contributed by atoms with Crippen molar-refractivity contribution in [1.82, 2.24) is 14.5 Å². The summed E-state index contributed by atoms with van der Waals surface area (Å²) in [5.74, 6) is -0.0921. The van der Waals surface area contributed by atoms with Crippen LogP contribution in [0.2, 0.25) is 0 Å². The number of carbonyl (C=O) groups excluding carboxylic acids is 1. The Balaban J connectivity index is 2.01. The van der Waals surface area contributed by atoms with E-state index in [1.54, 1.807) is 19.1 Å². The van der Waals surface area contributed by atoms with Crippen LogP contribution in [0.25, 0.3) is 0 Å². The van der Waals surface area contributed by atoms with Crippen LogP contribution in [-0.4, -0.2) is 54.7 Å². The number of thioether (sulfide) groups is 1. The highest BCUT2D eigenvalue weighted by Crippen LogP contribution is 2.26. The molecule has 0 aliphatic heterocycles. The molecular weight excluding hydrogens is 406 g/mol. The van der Waals surface area contributed by atoms with Crippen molar-refractivity contribution in [2.24, 2.45) is 0 Å². The van der Waals surface area contributed by atoms with Crippen LogP contribution < -0.4 is 10.6 Å². The van der Waals surface area contributed by atoms with Gasteiger partial charge < -0.3 is 10.6 Å². The summed E-state index contributed by atoms with van der Waals surface area (Å²) < 4.78 is 26.6. The van der Waals surface area contributed by atoms with Gasteiger partial charge in [0.25, 0.3) is 0 Å². The standard InChI is InChI=1S/C16H23N5O3S3/c1-10(2)17-15-19-20-16(26-15)25-9-14(22)18-12-7-6-11(3)13(8-12)27(23,24)21(4)5/h6-8,10H,9H2,1-5H3,(H,17,19)(H,18,22). The van der Waals surface area contributed by atoms with Gasteiger partial charge in [-0.05, 0) is 38.5 Å². The van der Waals surface area contributed by atoms with Crippen molar-refractivity contribution in [2.75, 3.05) is 30.5 Å². The Morgan fingerprint density at radius 3 is 2.63 bits per heavy atom. The van der Waals surface area contributed by atoms with E-state index in [4.69, 9.17) is 0 Å². The molecule has 8 nitrogen and oxygen atoms in total. The minimum Gasteiger partial charge on any atom is -0.358 e. The van der Waals surface area contributed by atoms with Gasteiger partial charge in [0, 0.05) is 25.8 Å². The first-order chi connectivity index (χ1) is 12.6. The SMILES string of the molecule is Cc1ccc(NC(=O)CSc2nnc(NC(C)C)s2)cc1S(=O)(=O)N(C)C. The summed E-state index contributed by atoms with van der Waals surface area (Å²) in [6.07, 6.45) is 0. The lowest BCUT2D eigenvalue weighted by molar-refractivity contribution is -0.113. The van der Waals surface area contributed by atoms with Crippen molar-refractivity contribution in [2.45, 2.75) is 36.0 Å².